The number of ether oxygens (including phenoxy) is 2. The van der Waals surface area contributed by atoms with Crippen molar-refractivity contribution in [1.82, 2.24) is 10.6 Å². The molecule has 0 aliphatic carbocycles. The van der Waals surface area contributed by atoms with Crippen molar-refractivity contribution in [2.75, 3.05) is 13.2 Å². The topological polar surface area (TPSA) is 114 Å². The van der Waals surface area contributed by atoms with Crippen molar-refractivity contribution in [2.45, 2.75) is 32.4 Å². The molecule has 0 saturated carbocycles. The number of rotatable bonds is 6. The number of amides is 2. The van der Waals surface area contributed by atoms with E-state index in [1.165, 1.54) is 6.08 Å². The number of carbonyl (C=O) groups excluding carboxylic acids is 2. The van der Waals surface area contributed by atoms with Crippen LogP contribution in [0.2, 0.25) is 0 Å². The average molecular weight is 288 g/mol. The van der Waals surface area contributed by atoms with Crippen LogP contribution in [0.25, 0.3) is 0 Å². The van der Waals surface area contributed by atoms with Gasteiger partial charge < -0.3 is 25.2 Å². The van der Waals surface area contributed by atoms with Crippen LogP contribution in [0, 0.1) is 0 Å². The summed E-state index contributed by atoms with van der Waals surface area (Å²) in [6.45, 7) is 7.97. The van der Waals surface area contributed by atoms with Gasteiger partial charge in [-0.25, -0.2) is 14.4 Å². The summed E-state index contributed by atoms with van der Waals surface area (Å²) in [7, 11) is 0. The van der Waals surface area contributed by atoms with Crippen LogP contribution in [0.3, 0.4) is 0 Å². The van der Waals surface area contributed by atoms with Crippen LogP contribution in [0.15, 0.2) is 12.7 Å². The van der Waals surface area contributed by atoms with Crippen LogP contribution in [0.5, 0.6) is 0 Å². The normalized spacial score (nSPS) is 11.9. The molecule has 1 atom stereocenters. The summed E-state index contributed by atoms with van der Waals surface area (Å²) in [6.07, 6.45) is -0.319. The van der Waals surface area contributed by atoms with Gasteiger partial charge in [0.2, 0.25) is 0 Å². The highest BCUT2D eigenvalue weighted by atomic mass is 16.6. The third kappa shape index (κ3) is 8.78. The van der Waals surface area contributed by atoms with E-state index in [9.17, 15) is 14.4 Å². The smallest absolute Gasteiger partial charge is 0.408 e. The summed E-state index contributed by atoms with van der Waals surface area (Å²) in [5.41, 5.74) is -0.747. The third-order valence-electron chi connectivity index (χ3n) is 1.77. The first-order chi connectivity index (χ1) is 9.15. The van der Waals surface area contributed by atoms with Crippen molar-refractivity contribution in [1.29, 1.82) is 0 Å². The fourth-order valence-electron chi connectivity index (χ4n) is 1.02. The maximum atomic E-state index is 11.4. The minimum Gasteiger partial charge on any atom is -0.480 e. The van der Waals surface area contributed by atoms with E-state index in [1.807, 2.05) is 0 Å². The standard InChI is InChI=1S/C12H20N2O6/c1-5-6-19-10(17)13-7-8(9(15)16)14-11(18)20-12(2,3)4/h5,8H,1,6-7H2,2-4H3,(H,13,17)(H,14,18)(H,15,16)/t8-/m1/s1. The number of hydrogen-bond acceptors (Lipinski definition) is 5. The summed E-state index contributed by atoms with van der Waals surface area (Å²) in [4.78, 5) is 33.5. The van der Waals surface area contributed by atoms with Crippen molar-refractivity contribution >= 4 is 18.2 Å². The van der Waals surface area contributed by atoms with Gasteiger partial charge in [0, 0.05) is 0 Å². The lowest BCUT2D eigenvalue weighted by atomic mass is 10.2. The Morgan fingerprint density at radius 2 is 1.90 bits per heavy atom. The molecule has 0 rings (SSSR count). The van der Waals surface area contributed by atoms with Crippen molar-refractivity contribution in [3.63, 3.8) is 0 Å². The van der Waals surface area contributed by atoms with Gasteiger partial charge >= 0.3 is 18.2 Å². The Balaban J connectivity index is 4.30. The first kappa shape index (κ1) is 17.8. The molecule has 0 saturated heterocycles. The number of carboxylic acid groups (broad SMARTS) is 1. The Morgan fingerprint density at radius 3 is 2.35 bits per heavy atom. The second kappa shape index (κ2) is 8.03. The van der Waals surface area contributed by atoms with Gasteiger partial charge in [-0.15, -0.1) is 0 Å². The average Bonchev–Trinajstić information content (AvgIpc) is 2.29. The molecule has 3 N–H and O–H groups in total. The largest absolute Gasteiger partial charge is 0.480 e. The van der Waals surface area contributed by atoms with Gasteiger partial charge in [-0.05, 0) is 20.8 Å². The summed E-state index contributed by atoms with van der Waals surface area (Å²) in [6, 6.07) is -1.32. The van der Waals surface area contributed by atoms with Crippen molar-refractivity contribution in [3.8, 4) is 0 Å². The summed E-state index contributed by atoms with van der Waals surface area (Å²) >= 11 is 0. The molecule has 8 nitrogen and oxygen atoms in total. The first-order valence-electron chi connectivity index (χ1n) is 5.89. The Morgan fingerprint density at radius 1 is 1.30 bits per heavy atom. The maximum Gasteiger partial charge on any atom is 0.408 e. The Hall–Kier alpha value is -2.25. The van der Waals surface area contributed by atoms with E-state index >= 15 is 0 Å². The van der Waals surface area contributed by atoms with E-state index in [-0.39, 0.29) is 13.2 Å². The van der Waals surface area contributed by atoms with Gasteiger partial charge in [0.05, 0.1) is 6.54 Å². The van der Waals surface area contributed by atoms with Gasteiger partial charge in [-0.3, -0.25) is 0 Å². The highest BCUT2D eigenvalue weighted by molar-refractivity contribution is 5.81. The Bertz CT molecular complexity index is 375. The predicted octanol–water partition coefficient (Wildman–Crippen LogP) is 0.876. The SMILES string of the molecule is C=CCOC(=O)NC[C@@H](NC(=O)OC(C)(C)C)C(=O)O. The molecule has 2 amide bonds. The molecular formula is C12H20N2O6. The lowest BCUT2D eigenvalue weighted by molar-refractivity contribution is -0.139. The number of aliphatic carboxylic acids is 1. The second-order valence-corrected chi connectivity index (χ2v) is 4.81. The lowest BCUT2D eigenvalue weighted by Crippen LogP contribution is -2.49. The summed E-state index contributed by atoms with van der Waals surface area (Å²) in [5, 5.41) is 13.3. The maximum absolute atomic E-state index is 11.4. The highest BCUT2D eigenvalue weighted by Crippen LogP contribution is 2.06. The number of carboxylic acids is 1. The molecule has 0 unspecified atom stereocenters. The van der Waals surface area contributed by atoms with E-state index in [4.69, 9.17) is 9.84 Å². The molecule has 0 aromatic carbocycles. The van der Waals surface area contributed by atoms with Crippen molar-refractivity contribution < 1.29 is 29.0 Å². The first-order valence-corrected chi connectivity index (χ1v) is 5.89. The van der Waals surface area contributed by atoms with Gasteiger partial charge in [0.25, 0.3) is 0 Å². The van der Waals surface area contributed by atoms with Crippen LogP contribution in [0.4, 0.5) is 9.59 Å². The molecule has 20 heavy (non-hydrogen) atoms. The van der Waals surface area contributed by atoms with E-state index in [1.54, 1.807) is 20.8 Å². The molecule has 0 spiro atoms. The van der Waals surface area contributed by atoms with Gasteiger partial charge in [0.1, 0.15) is 18.2 Å². The zero-order chi connectivity index (χ0) is 15.8. The fraction of sp³-hybridized carbons (Fsp3) is 0.583. The van der Waals surface area contributed by atoms with Crippen LogP contribution in [0.1, 0.15) is 20.8 Å². The molecule has 0 aromatic rings. The molecule has 0 heterocycles. The van der Waals surface area contributed by atoms with E-state index in [0.717, 1.165) is 0 Å². The molecule has 0 aliphatic heterocycles. The lowest BCUT2D eigenvalue weighted by Gasteiger charge is -2.22. The highest BCUT2D eigenvalue weighted by Gasteiger charge is 2.24. The molecule has 114 valence electrons. The monoisotopic (exact) mass is 288 g/mol. The molecule has 0 fully saturated rings. The van der Waals surface area contributed by atoms with Gasteiger partial charge in [0.15, 0.2) is 0 Å². The van der Waals surface area contributed by atoms with Crippen molar-refractivity contribution in [3.05, 3.63) is 12.7 Å². The number of nitrogens with one attached hydrogen (secondary N) is 2. The zero-order valence-corrected chi connectivity index (χ0v) is 11.8. The third-order valence-corrected chi connectivity index (χ3v) is 1.77. The molecule has 0 bridgehead atoms. The number of alkyl carbamates (subject to hydrolysis) is 2. The second-order valence-electron chi connectivity index (χ2n) is 4.81. The number of carbonyl (C=O) groups is 3. The molecule has 0 radical (unpaired) electrons. The predicted molar refractivity (Wildman–Crippen MR) is 70.3 cm³/mol. The molecule has 0 aromatic heterocycles. The van der Waals surface area contributed by atoms with Gasteiger partial charge in [-0.2, -0.15) is 0 Å². The quantitative estimate of drug-likeness (QED) is 0.625. The van der Waals surface area contributed by atoms with Crippen LogP contribution >= 0.6 is 0 Å². The van der Waals surface area contributed by atoms with Crippen LogP contribution in [-0.2, 0) is 14.3 Å². The van der Waals surface area contributed by atoms with E-state index < -0.39 is 29.8 Å². The molecule has 8 heteroatoms. The van der Waals surface area contributed by atoms with Gasteiger partial charge in [-0.1, -0.05) is 12.7 Å². The number of hydrogen-bond donors (Lipinski definition) is 3. The Labute approximate surface area is 117 Å². The molecule has 0 aliphatic rings. The Kier molecular flexibility index (Phi) is 7.12. The molecular weight excluding hydrogens is 268 g/mol. The summed E-state index contributed by atoms with van der Waals surface area (Å²) < 4.78 is 9.52. The zero-order valence-electron chi connectivity index (χ0n) is 11.8. The van der Waals surface area contributed by atoms with E-state index in [2.05, 4.69) is 21.9 Å². The minimum absolute atomic E-state index is 0.00304. The van der Waals surface area contributed by atoms with Crippen LogP contribution in [-0.4, -0.2) is 48.1 Å². The fourth-order valence-corrected chi connectivity index (χ4v) is 1.02. The minimum atomic E-state index is -1.32. The summed E-state index contributed by atoms with van der Waals surface area (Å²) in [5.74, 6) is -1.31. The van der Waals surface area contributed by atoms with Crippen LogP contribution < -0.4 is 10.6 Å². The van der Waals surface area contributed by atoms with E-state index in [0.29, 0.717) is 0 Å². The van der Waals surface area contributed by atoms with Crippen molar-refractivity contribution in [2.24, 2.45) is 0 Å².